The Hall–Kier alpha value is 0.440. The number of hydrogen-bond donors (Lipinski definition) is 1. The lowest BCUT2D eigenvalue weighted by atomic mass is 9.57. The summed E-state index contributed by atoms with van der Waals surface area (Å²) in [5.41, 5.74) is 0. The van der Waals surface area contributed by atoms with Crippen LogP contribution in [0.1, 0.15) is 0 Å². The summed E-state index contributed by atoms with van der Waals surface area (Å²) >= 11 is 1.22. The molecule has 0 spiro atoms. The molecule has 4 heteroatoms. The van der Waals surface area contributed by atoms with Crippen LogP contribution in [0.5, 0.6) is 0 Å². The molecule has 0 amide bonds. The normalized spacial score (nSPS) is 6.80. The van der Waals surface area contributed by atoms with Crippen molar-refractivity contribution in [2.45, 2.75) is 6.82 Å². The van der Waals surface area contributed by atoms with Gasteiger partial charge in [-0.15, -0.1) is 0 Å². The molecule has 1 nitrogen and oxygen atoms in total. The maximum atomic E-state index is 4.97. The Morgan fingerprint density at radius 3 is 2.40 bits per heavy atom. The Morgan fingerprint density at radius 1 is 1.80 bits per heavy atom. The molecule has 2 N–H and O–H groups in total. The Kier molecular flexibility index (Phi) is 4.83. The first-order valence-corrected chi connectivity index (χ1v) is 2.32. The van der Waals surface area contributed by atoms with Crippen LogP contribution >= 0.6 is 11.8 Å². The summed E-state index contributed by atoms with van der Waals surface area (Å²) in [5, 5.41) is 4.97. The van der Waals surface area contributed by atoms with Gasteiger partial charge in [-0.2, -0.15) is 11.8 Å². The second-order valence-electron chi connectivity index (χ2n) is 0.605. The van der Waals surface area contributed by atoms with Crippen LogP contribution in [0, 0.1) is 0 Å². The minimum Gasteiger partial charge on any atom is -0.289 e. The maximum Gasteiger partial charge on any atom is 0.165 e. The summed E-state index contributed by atoms with van der Waals surface area (Å²) in [5.74, 6) is 0. The second kappa shape index (κ2) is 4.44. The zero-order chi connectivity index (χ0) is 4.12. The molecule has 0 heterocycles. The van der Waals surface area contributed by atoms with E-state index >= 15 is 0 Å². The van der Waals surface area contributed by atoms with Crippen LogP contribution in [0.4, 0.5) is 0 Å². The molecule has 0 aromatic rings. The van der Waals surface area contributed by atoms with Crippen molar-refractivity contribution in [3.63, 3.8) is 0 Å². The lowest BCUT2D eigenvalue weighted by Gasteiger charge is -1.75. The monoisotopic (exact) mass is 85.0 g/mol. The third kappa shape index (κ3) is 4.44. The minimum absolute atomic E-state index is 1.22. The molecule has 0 saturated carbocycles. The molecular formula is CH5B2NS. The van der Waals surface area contributed by atoms with E-state index in [-0.39, 0.29) is 0 Å². The molecule has 0 saturated heterocycles. The van der Waals surface area contributed by atoms with E-state index in [4.69, 9.17) is 5.14 Å². The van der Waals surface area contributed by atoms with Crippen molar-refractivity contribution in [3.8, 4) is 0 Å². The highest BCUT2D eigenvalue weighted by atomic mass is 32.2. The van der Waals surface area contributed by atoms with Crippen molar-refractivity contribution in [1.82, 2.24) is 0 Å². The lowest BCUT2D eigenvalue weighted by Crippen LogP contribution is -1.95. The number of nitrogens with two attached hydrogens (primary N) is 1. The average molecular weight is 84.7 g/mol. The minimum atomic E-state index is 1.22. The van der Waals surface area contributed by atoms with Gasteiger partial charge < -0.3 is 0 Å². The summed E-state index contributed by atoms with van der Waals surface area (Å²) < 4.78 is 0. The highest BCUT2D eigenvalue weighted by Crippen LogP contribution is 1.72. The molecule has 2 radical (unpaired) electrons. The van der Waals surface area contributed by atoms with Crippen molar-refractivity contribution >= 4 is 25.4 Å². The van der Waals surface area contributed by atoms with Crippen molar-refractivity contribution < 1.29 is 0 Å². The van der Waals surface area contributed by atoms with E-state index in [9.17, 15) is 0 Å². The fourth-order valence-electron chi connectivity index (χ4n) is 0.0786. The van der Waals surface area contributed by atoms with Gasteiger partial charge in [-0.05, 0) is 0 Å². The summed E-state index contributed by atoms with van der Waals surface area (Å²) in [4.78, 5) is 0. The average Bonchev–Trinajstić information content (AvgIpc) is 1.41. The predicted molar refractivity (Wildman–Crippen MR) is 29.2 cm³/mol. The molecule has 5 heavy (non-hydrogen) atoms. The highest BCUT2D eigenvalue weighted by Gasteiger charge is 1.75. The summed E-state index contributed by atoms with van der Waals surface area (Å²) in [7, 11) is 1.89. The lowest BCUT2D eigenvalue weighted by molar-refractivity contribution is 2.07. The van der Waals surface area contributed by atoms with Crippen LogP contribution in [0.15, 0.2) is 0 Å². The molecule has 0 rings (SSSR count). The summed E-state index contributed by atoms with van der Waals surface area (Å²) in [6, 6.07) is 0. The zero-order valence-electron chi connectivity index (χ0n) is 3.14. The molecule has 0 unspecified atom stereocenters. The van der Waals surface area contributed by atoms with Crippen LogP contribution < -0.4 is 5.14 Å². The topological polar surface area (TPSA) is 26.0 Å². The molecular weight excluding hydrogens is 79.7 g/mol. The van der Waals surface area contributed by atoms with Gasteiger partial charge in [0.05, 0.1) is 7.17 Å². The highest BCUT2D eigenvalue weighted by molar-refractivity contribution is 8.24. The van der Waals surface area contributed by atoms with E-state index in [1.807, 2.05) is 20.4 Å². The van der Waals surface area contributed by atoms with Gasteiger partial charge in [0.15, 0.2) is 6.45 Å². The fraction of sp³-hybridized carbons (Fsp3) is 1.00. The molecule has 0 aromatic heterocycles. The van der Waals surface area contributed by atoms with E-state index in [0.29, 0.717) is 0 Å². The van der Waals surface area contributed by atoms with Crippen molar-refractivity contribution in [2.24, 2.45) is 5.14 Å². The van der Waals surface area contributed by atoms with Crippen LogP contribution in [-0.2, 0) is 0 Å². The maximum absolute atomic E-state index is 4.97. The van der Waals surface area contributed by atoms with Crippen LogP contribution in [0.2, 0.25) is 6.82 Å². The van der Waals surface area contributed by atoms with Gasteiger partial charge in [-0.3, -0.25) is 5.14 Å². The first kappa shape index (κ1) is 5.44. The molecule has 0 aliphatic rings. The third-order valence-corrected chi connectivity index (χ3v) is 0.644. The SMILES string of the molecule is C[B][B]SN. The molecule has 0 bridgehead atoms. The summed E-state index contributed by atoms with van der Waals surface area (Å²) in [6.07, 6.45) is 1.82. The summed E-state index contributed by atoms with van der Waals surface area (Å²) in [6.45, 7) is 1.93. The zero-order valence-corrected chi connectivity index (χ0v) is 3.96. The van der Waals surface area contributed by atoms with Gasteiger partial charge in [0.2, 0.25) is 0 Å². The van der Waals surface area contributed by atoms with E-state index in [2.05, 4.69) is 0 Å². The second-order valence-corrected chi connectivity index (χ2v) is 1.15. The first-order valence-electron chi connectivity index (χ1n) is 1.38. The molecule has 0 aromatic carbocycles. The van der Waals surface area contributed by atoms with E-state index < -0.39 is 0 Å². The van der Waals surface area contributed by atoms with Crippen molar-refractivity contribution in [3.05, 3.63) is 0 Å². The number of hydrogen-bond acceptors (Lipinski definition) is 2. The largest absolute Gasteiger partial charge is 0.289 e. The van der Waals surface area contributed by atoms with Gasteiger partial charge in [-0.1, -0.05) is 6.82 Å². The fourth-order valence-corrected chi connectivity index (χ4v) is 0.236. The first-order chi connectivity index (χ1) is 2.41. The molecule has 0 aliphatic heterocycles. The Balaban J connectivity index is 2.19. The van der Waals surface area contributed by atoms with Gasteiger partial charge in [-0.25, -0.2) is 0 Å². The number of rotatable bonds is 2. The van der Waals surface area contributed by atoms with Crippen LogP contribution in [0.3, 0.4) is 0 Å². The van der Waals surface area contributed by atoms with Gasteiger partial charge >= 0.3 is 0 Å². The standard InChI is InChI=1S/CH5B2NS/c1-2-3-5-4/h4H2,1H3. The smallest absolute Gasteiger partial charge is 0.165 e. The molecule has 0 aliphatic carbocycles. The molecule has 26 valence electrons. The molecule has 0 atom stereocenters. The van der Waals surface area contributed by atoms with E-state index in [1.165, 1.54) is 11.8 Å². The van der Waals surface area contributed by atoms with E-state index in [1.54, 1.807) is 0 Å². The molecule has 0 fully saturated rings. The van der Waals surface area contributed by atoms with Crippen molar-refractivity contribution in [2.75, 3.05) is 0 Å². The van der Waals surface area contributed by atoms with Crippen LogP contribution in [0.25, 0.3) is 0 Å². The van der Waals surface area contributed by atoms with Gasteiger partial charge in [0, 0.05) is 0 Å². The Labute approximate surface area is 38.2 Å². The van der Waals surface area contributed by atoms with Gasteiger partial charge in [0.25, 0.3) is 0 Å². The quantitative estimate of drug-likeness (QED) is 0.373. The van der Waals surface area contributed by atoms with E-state index in [0.717, 1.165) is 0 Å². The Morgan fingerprint density at radius 2 is 2.40 bits per heavy atom. The van der Waals surface area contributed by atoms with Crippen LogP contribution in [-0.4, -0.2) is 13.6 Å². The third-order valence-electron chi connectivity index (χ3n) is 0.215. The van der Waals surface area contributed by atoms with Crippen molar-refractivity contribution in [1.29, 1.82) is 0 Å². The Bertz CT molecular complexity index is 17.1. The predicted octanol–water partition coefficient (Wildman–Crippen LogP) is -0.120. The van der Waals surface area contributed by atoms with Gasteiger partial charge in [0.1, 0.15) is 0 Å².